The predicted molar refractivity (Wildman–Crippen MR) is 75.9 cm³/mol. The number of hydrogen-bond acceptors (Lipinski definition) is 2. The lowest BCUT2D eigenvalue weighted by Gasteiger charge is -2.24. The van der Waals surface area contributed by atoms with Gasteiger partial charge in [-0.15, -0.1) is 0 Å². The molecule has 0 saturated heterocycles. The Morgan fingerprint density at radius 1 is 1.32 bits per heavy atom. The van der Waals surface area contributed by atoms with Crippen LogP contribution in [-0.4, -0.2) is 23.7 Å². The van der Waals surface area contributed by atoms with E-state index in [0.29, 0.717) is 6.54 Å². The molecule has 0 unspecified atom stereocenters. The highest BCUT2D eigenvalue weighted by Gasteiger charge is 2.24. The zero-order valence-corrected chi connectivity index (χ0v) is 11.6. The molecule has 3 heteroatoms. The molecule has 0 radical (unpaired) electrons. The molecule has 0 aliphatic heterocycles. The molecule has 104 valence electrons. The Hall–Kier alpha value is -1.35. The zero-order chi connectivity index (χ0) is 13.7. The van der Waals surface area contributed by atoms with E-state index in [-0.39, 0.29) is 17.9 Å². The SMILES string of the molecule is Cc1cccc(CCNC(=O)C2CCC(O)CC2)c1. The van der Waals surface area contributed by atoms with Gasteiger partial charge in [0.2, 0.25) is 5.91 Å². The van der Waals surface area contributed by atoms with E-state index < -0.39 is 0 Å². The highest BCUT2D eigenvalue weighted by Crippen LogP contribution is 2.24. The number of benzene rings is 1. The van der Waals surface area contributed by atoms with Gasteiger partial charge in [0.15, 0.2) is 0 Å². The molecule has 0 bridgehead atoms. The number of hydrogen-bond donors (Lipinski definition) is 2. The molecule has 2 N–H and O–H groups in total. The number of rotatable bonds is 4. The third kappa shape index (κ3) is 4.35. The van der Waals surface area contributed by atoms with Gasteiger partial charge in [0.25, 0.3) is 0 Å². The summed E-state index contributed by atoms with van der Waals surface area (Å²) in [6, 6.07) is 8.38. The molecule has 19 heavy (non-hydrogen) atoms. The van der Waals surface area contributed by atoms with E-state index in [0.717, 1.165) is 32.1 Å². The molecule has 0 atom stereocenters. The van der Waals surface area contributed by atoms with E-state index in [4.69, 9.17) is 0 Å². The van der Waals surface area contributed by atoms with Crippen molar-refractivity contribution in [3.8, 4) is 0 Å². The van der Waals surface area contributed by atoms with Crippen molar-refractivity contribution >= 4 is 5.91 Å². The van der Waals surface area contributed by atoms with Crippen molar-refractivity contribution in [1.82, 2.24) is 5.32 Å². The minimum atomic E-state index is -0.198. The second-order valence-electron chi connectivity index (χ2n) is 5.54. The first kappa shape index (κ1) is 14.1. The summed E-state index contributed by atoms with van der Waals surface area (Å²) >= 11 is 0. The summed E-state index contributed by atoms with van der Waals surface area (Å²) in [5.74, 6) is 0.250. The van der Waals surface area contributed by atoms with Crippen molar-refractivity contribution in [3.63, 3.8) is 0 Å². The first-order valence-electron chi connectivity index (χ1n) is 7.16. The fourth-order valence-electron chi connectivity index (χ4n) is 2.68. The van der Waals surface area contributed by atoms with Gasteiger partial charge in [-0.2, -0.15) is 0 Å². The summed E-state index contributed by atoms with van der Waals surface area (Å²) in [7, 11) is 0. The Morgan fingerprint density at radius 3 is 2.74 bits per heavy atom. The van der Waals surface area contributed by atoms with Crippen molar-refractivity contribution < 1.29 is 9.90 Å². The van der Waals surface area contributed by atoms with E-state index in [1.807, 2.05) is 0 Å². The monoisotopic (exact) mass is 261 g/mol. The topological polar surface area (TPSA) is 49.3 Å². The normalized spacial score (nSPS) is 23.1. The van der Waals surface area contributed by atoms with Crippen LogP contribution >= 0.6 is 0 Å². The number of nitrogens with one attached hydrogen (secondary N) is 1. The lowest BCUT2D eigenvalue weighted by molar-refractivity contribution is -0.126. The molecule has 0 heterocycles. The molecule has 1 aromatic carbocycles. The molecule has 3 nitrogen and oxygen atoms in total. The zero-order valence-electron chi connectivity index (χ0n) is 11.6. The lowest BCUT2D eigenvalue weighted by Crippen LogP contribution is -2.35. The minimum Gasteiger partial charge on any atom is -0.393 e. The maximum atomic E-state index is 12.0. The fraction of sp³-hybridized carbons (Fsp3) is 0.562. The van der Waals surface area contributed by atoms with E-state index in [1.165, 1.54) is 11.1 Å². The Kier molecular flexibility index (Phi) is 4.97. The summed E-state index contributed by atoms with van der Waals surface area (Å²) in [5, 5.41) is 12.4. The van der Waals surface area contributed by atoms with Crippen molar-refractivity contribution in [2.24, 2.45) is 5.92 Å². The standard InChI is InChI=1S/C16H23NO2/c1-12-3-2-4-13(11-12)9-10-17-16(19)14-5-7-15(18)8-6-14/h2-4,11,14-15,18H,5-10H2,1H3,(H,17,19). The maximum absolute atomic E-state index is 12.0. The number of carbonyl (C=O) groups excluding carboxylic acids is 1. The molecule has 1 aromatic rings. The average molecular weight is 261 g/mol. The smallest absolute Gasteiger partial charge is 0.223 e. The number of carbonyl (C=O) groups is 1. The average Bonchev–Trinajstić information content (AvgIpc) is 2.39. The predicted octanol–water partition coefficient (Wildman–Crippen LogP) is 2.20. The van der Waals surface area contributed by atoms with Crippen molar-refractivity contribution in [2.45, 2.75) is 45.1 Å². The summed E-state index contributed by atoms with van der Waals surface area (Å²) < 4.78 is 0. The first-order valence-corrected chi connectivity index (χ1v) is 7.16. The molecular weight excluding hydrogens is 238 g/mol. The van der Waals surface area contributed by atoms with Gasteiger partial charge in [0.05, 0.1) is 6.10 Å². The van der Waals surface area contributed by atoms with Crippen LogP contribution in [0.3, 0.4) is 0 Å². The molecule has 1 aliphatic rings. The van der Waals surface area contributed by atoms with Crippen LogP contribution in [0.2, 0.25) is 0 Å². The van der Waals surface area contributed by atoms with Crippen LogP contribution in [0.4, 0.5) is 0 Å². The number of aliphatic hydroxyl groups excluding tert-OH is 1. The number of aliphatic hydroxyl groups is 1. The van der Waals surface area contributed by atoms with Crippen LogP contribution in [0.5, 0.6) is 0 Å². The largest absolute Gasteiger partial charge is 0.393 e. The third-order valence-corrected chi connectivity index (χ3v) is 3.86. The van der Waals surface area contributed by atoms with E-state index in [9.17, 15) is 9.90 Å². The molecule has 1 fully saturated rings. The van der Waals surface area contributed by atoms with Crippen LogP contribution in [-0.2, 0) is 11.2 Å². The highest BCUT2D eigenvalue weighted by atomic mass is 16.3. The molecule has 1 amide bonds. The van der Waals surface area contributed by atoms with Crippen LogP contribution in [0.15, 0.2) is 24.3 Å². The van der Waals surface area contributed by atoms with Crippen molar-refractivity contribution in [3.05, 3.63) is 35.4 Å². The van der Waals surface area contributed by atoms with Gasteiger partial charge in [-0.25, -0.2) is 0 Å². The highest BCUT2D eigenvalue weighted by molar-refractivity contribution is 5.78. The second kappa shape index (κ2) is 6.71. The number of amides is 1. The Morgan fingerprint density at radius 2 is 2.05 bits per heavy atom. The molecule has 1 saturated carbocycles. The molecular formula is C16H23NO2. The molecule has 0 aromatic heterocycles. The van der Waals surface area contributed by atoms with E-state index in [2.05, 4.69) is 36.5 Å². The van der Waals surface area contributed by atoms with Crippen LogP contribution in [0.25, 0.3) is 0 Å². The Balaban J connectivity index is 1.72. The van der Waals surface area contributed by atoms with Gasteiger partial charge >= 0.3 is 0 Å². The van der Waals surface area contributed by atoms with Gasteiger partial charge in [0.1, 0.15) is 0 Å². The minimum absolute atomic E-state index is 0.0981. The van der Waals surface area contributed by atoms with Crippen molar-refractivity contribution in [2.75, 3.05) is 6.54 Å². The van der Waals surface area contributed by atoms with Crippen molar-refractivity contribution in [1.29, 1.82) is 0 Å². The second-order valence-corrected chi connectivity index (χ2v) is 5.54. The summed E-state index contributed by atoms with van der Waals surface area (Å²) in [6.45, 7) is 2.77. The quantitative estimate of drug-likeness (QED) is 0.873. The van der Waals surface area contributed by atoms with Crippen LogP contribution in [0.1, 0.15) is 36.8 Å². The Bertz CT molecular complexity index is 423. The Labute approximate surface area is 115 Å². The van der Waals surface area contributed by atoms with E-state index >= 15 is 0 Å². The summed E-state index contributed by atoms with van der Waals surface area (Å²) in [6.07, 6.45) is 3.83. The number of aryl methyl sites for hydroxylation is 1. The van der Waals surface area contributed by atoms with E-state index in [1.54, 1.807) is 0 Å². The van der Waals surface area contributed by atoms with Gasteiger partial charge in [-0.1, -0.05) is 29.8 Å². The van der Waals surface area contributed by atoms with Gasteiger partial charge in [0, 0.05) is 12.5 Å². The lowest BCUT2D eigenvalue weighted by atomic mass is 9.87. The first-order chi connectivity index (χ1) is 9.15. The summed E-state index contributed by atoms with van der Waals surface area (Å²) in [5.41, 5.74) is 2.52. The third-order valence-electron chi connectivity index (χ3n) is 3.86. The fourth-order valence-corrected chi connectivity index (χ4v) is 2.68. The van der Waals surface area contributed by atoms with Gasteiger partial charge in [-0.05, 0) is 44.6 Å². The molecule has 1 aliphatic carbocycles. The maximum Gasteiger partial charge on any atom is 0.223 e. The molecule has 0 spiro atoms. The van der Waals surface area contributed by atoms with Crippen LogP contribution < -0.4 is 5.32 Å². The summed E-state index contributed by atoms with van der Waals surface area (Å²) in [4.78, 5) is 12.0. The van der Waals surface area contributed by atoms with Gasteiger partial charge < -0.3 is 10.4 Å². The van der Waals surface area contributed by atoms with Crippen LogP contribution in [0, 0.1) is 12.8 Å². The molecule has 2 rings (SSSR count). The van der Waals surface area contributed by atoms with Gasteiger partial charge in [-0.3, -0.25) is 4.79 Å².